The largest absolute Gasteiger partial charge is 0.329 e. The Balaban J connectivity index is 2.24. The predicted octanol–water partition coefficient (Wildman–Crippen LogP) is 0.903. The van der Waals surface area contributed by atoms with Gasteiger partial charge in [0.2, 0.25) is 10.0 Å². The Hall–Kier alpha value is -0.950. The van der Waals surface area contributed by atoms with Crippen LogP contribution in [0.3, 0.4) is 0 Å². The number of aryl methyl sites for hydroxylation is 1. The van der Waals surface area contributed by atoms with Crippen LogP contribution in [0, 0.1) is 0 Å². The Labute approximate surface area is 127 Å². The summed E-state index contributed by atoms with van der Waals surface area (Å²) in [5.41, 5.74) is 6.93. The van der Waals surface area contributed by atoms with Crippen molar-refractivity contribution in [1.82, 2.24) is 9.21 Å². The molecule has 2 N–H and O–H groups in total. The fourth-order valence-corrected chi connectivity index (χ4v) is 4.37. The summed E-state index contributed by atoms with van der Waals surface area (Å²) in [4.78, 5) is 2.49. The molecule has 21 heavy (non-hydrogen) atoms. The Morgan fingerprint density at radius 1 is 1.24 bits per heavy atom. The van der Waals surface area contributed by atoms with Gasteiger partial charge in [-0.1, -0.05) is 25.5 Å². The SMILES string of the molecule is CCCc1ccc(S(=O)(=O)N2CCN(C)CC2CN)cc1. The van der Waals surface area contributed by atoms with Gasteiger partial charge in [-0.05, 0) is 31.2 Å². The molecule has 0 amide bonds. The van der Waals surface area contributed by atoms with Crippen molar-refractivity contribution in [2.45, 2.75) is 30.7 Å². The summed E-state index contributed by atoms with van der Waals surface area (Å²) in [5, 5.41) is 0. The molecular formula is C15H25N3O2S. The maximum absolute atomic E-state index is 12.8. The zero-order valence-electron chi connectivity index (χ0n) is 12.8. The van der Waals surface area contributed by atoms with Crippen LogP contribution in [0.5, 0.6) is 0 Å². The molecule has 0 bridgehead atoms. The summed E-state index contributed by atoms with van der Waals surface area (Å²) in [6.07, 6.45) is 2.03. The maximum Gasteiger partial charge on any atom is 0.243 e. The summed E-state index contributed by atoms with van der Waals surface area (Å²) in [6.45, 7) is 4.38. The first-order valence-electron chi connectivity index (χ1n) is 7.48. The molecule has 0 saturated carbocycles. The number of hydrogen-bond donors (Lipinski definition) is 1. The smallest absolute Gasteiger partial charge is 0.243 e. The third-order valence-electron chi connectivity index (χ3n) is 3.97. The van der Waals surface area contributed by atoms with Crippen molar-refractivity contribution in [2.24, 2.45) is 5.73 Å². The average Bonchev–Trinajstić information content (AvgIpc) is 2.47. The molecule has 2 rings (SSSR count). The first kappa shape index (κ1) is 16.4. The van der Waals surface area contributed by atoms with Crippen LogP contribution < -0.4 is 5.73 Å². The standard InChI is InChI=1S/C15H25N3O2S/c1-3-4-13-5-7-15(8-6-13)21(19,20)18-10-9-17(2)12-14(18)11-16/h5-8,14H,3-4,9-12,16H2,1-2H3. The van der Waals surface area contributed by atoms with Gasteiger partial charge in [-0.15, -0.1) is 0 Å². The average molecular weight is 311 g/mol. The van der Waals surface area contributed by atoms with E-state index in [4.69, 9.17) is 5.73 Å². The second kappa shape index (κ2) is 6.87. The molecule has 1 aromatic rings. The van der Waals surface area contributed by atoms with E-state index in [9.17, 15) is 8.42 Å². The van der Waals surface area contributed by atoms with Crippen molar-refractivity contribution in [3.63, 3.8) is 0 Å². The summed E-state index contributed by atoms with van der Waals surface area (Å²) < 4.78 is 27.1. The van der Waals surface area contributed by atoms with Crippen LogP contribution in [0.15, 0.2) is 29.2 Å². The molecule has 1 heterocycles. The lowest BCUT2D eigenvalue weighted by atomic mass is 10.1. The van der Waals surface area contributed by atoms with E-state index in [0.717, 1.165) is 19.4 Å². The first-order valence-corrected chi connectivity index (χ1v) is 8.92. The molecule has 118 valence electrons. The zero-order chi connectivity index (χ0) is 15.5. The summed E-state index contributed by atoms with van der Waals surface area (Å²) in [5.74, 6) is 0. The third kappa shape index (κ3) is 3.63. The number of rotatable bonds is 5. The van der Waals surface area contributed by atoms with Crippen LogP contribution in [0.25, 0.3) is 0 Å². The summed E-state index contributed by atoms with van der Waals surface area (Å²) in [6, 6.07) is 7.09. The highest BCUT2D eigenvalue weighted by atomic mass is 32.2. The van der Waals surface area contributed by atoms with E-state index in [-0.39, 0.29) is 6.04 Å². The van der Waals surface area contributed by atoms with Gasteiger partial charge < -0.3 is 10.6 Å². The van der Waals surface area contributed by atoms with Gasteiger partial charge in [0, 0.05) is 26.2 Å². The molecule has 1 aliphatic heterocycles. The Morgan fingerprint density at radius 2 is 1.90 bits per heavy atom. The Morgan fingerprint density at radius 3 is 2.48 bits per heavy atom. The molecule has 0 radical (unpaired) electrons. The quantitative estimate of drug-likeness (QED) is 0.877. The van der Waals surface area contributed by atoms with Gasteiger partial charge in [-0.25, -0.2) is 8.42 Å². The van der Waals surface area contributed by atoms with Crippen molar-refractivity contribution in [3.8, 4) is 0 Å². The second-order valence-corrected chi connectivity index (χ2v) is 7.55. The fourth-order valence-electron chi connectivity index (χ4n) is 2.75. The number of sulfonamides is 1. The fraction of sp³-hybridized carbons (Fsp3) is 0.600. The topological polar surface area (TPSA) is 66.6 Å². The molecule has 1 fully saturated rings. The van der Waals surface area contributed by atoms with E-state index in [2.05, 4.69) is 11.8 Å². The highest BCUT2D eigenvalue weighted by molar-refractivity contribution is 7.89. The van der Waals surface area contributed by atoms with Crippen LogP contribution in [-0.4, -0.2) is 56.9 Å². The summed E-state index contributed by atoms with van der Waals surface area (Å²) in [7, 11) is -1.46. The molecule has 1 atom stereocenters. The van der Waals surface area contributed by atoms with Crippen LogP contribution >= 0.6 is 0 Å². The lowest BCUT2D eigenvalue weighted by Gasteiger charge is -2.38. The number of hydrogen-bond acceptors (Lipinski definition) is 4. The van der Waals surface area contributed by atoms with Gasteiger partial charge in [0.1, 0.15) is 0 Å². The van der Waals surface area contributed by atoms with E-state index in [1.165, 1.54) is 5.56 Å². The van der Waals surface area contributed by atoms with Crippen molar-refractivity contribution in [1.29, 1.82) is 0 Å². The minimum atomic E-state index is -3.45. The minimum absolute atomic E-state index is 0.149. The predicted molar refractivity (Wildman–Crippen MR) is 84.7 cm³/mol. The molecule has 0 spiro atoms. The van der Waals surface area contributed by atoms with Crippen molar-refractivity contribution < 1.29 is 8.42 Å². The lowest BCUT2D eigenvalue weighted by Crippen LogP contribution is -2.56. The molecule has 1 saturated heterocycles. The third-order valence-corrected chi connectivity index (χ3v) is 5.94. The minimum Gasteiger partial charge on any atom is -0.329 e. The molecule has 1 aliphatic rings. The normalized spacial score (nSPS) is 21.6. The molecule has 1 aromatic carbocycles. The van der Waals surface area contributed by atoms with Gasteiger partial charge in [0.05, 0.1) is 10.9 Å². The number of likely N-dealkylation sites (N-methyl/N-ethyl adjacent to an activating group) is 1. The van der Waals surface area contributed by atoms with Crippen LogP contribution in [0.1, 0.15) is 18.9 Å². The van der Waals surface area contributed by atoms with Crippen LogP contribution in [0.2, 0.25) is 0 Å². The molecule has 6 heteroatoms. The van der Waals surface area contributed by atoms with E-state index < -0.39 is 10.0 Å². The maximum atomic E-state index is 12.8. The van der Waals surface area contributed by atoms with Gasteiger partial charge in [0.15, 0.2) is 0 Å². The lowest BCUT2D eigenvalue weighted by molar-refractivity contribution is 0.164. The molecule has 5 nitrogen and oxygen atoms in total. The highest BCUT2D eigenvalue weighted by Gasteiger charge is 2.34. The molecule has 1 unspecified atom stereocenters. The van der Waals surface area contributed by atoms with E-state index in [1.54, 1.807) is 16.4 Å². The van der Waals surface area contributed by atoms with Crippen LogP contribution in [0.4, 0.5) is 0 Å². The van der Waals surface area contributed by atoms with E-state index >= 15 is 0 Å². The Bertz CT molecular complexity index is 557. The van der Waals surface area contributed by atoms with Crippen molar-refractivity contribution >= 4 is 10.0 Å². The zero-order valence-corrected chi connectivity index (χ0v) is 13.6. The number of piperazine rings is 1. The van der Waals surface area contributed by atoms with E-state index in [0.29, 0.717) is 24.5 Å². The molecule has 0 aliphatic carbocycles. The van der Waals surface area contributed by atoms with Gasteiger partial charge in [-0.2, -0.15) is 4.31 Å². The van der Waals surface area contributed by atoms with Gasteiger partial charge >= 0.3 is 0 Å². The van der Waals surface area contributed by atoms with E-state index in [1.807, 2.05) is 19.2 Å². The molecule has 0 aromatic heterocycles. The monoisotopic (exact) mass is 311 g/mol. The number of nitrogens with zero attached hydrogens (tertiary/aromatic N) is 2. The van der Waals surface area contributed by atoms with Crippen molar-refractivity contribution in [2.75, 3.05) is 33.2 Å². The van der Waals surface area contributed by atoms with Gasteiger partial charge in [0.25, 0.3) is 0 Å². The summed E-state index contributed by atoms with van der Waals surface area (Å²) >= 11 is 0. The highest BCUT2D eigenvalue weighted by Crippen LogP contribution is 2.21. The Kier molecular flexibility index (Phi) is 5.37. The molecular weight excluding hydrogens is 286 g/mol. The first-order chi connectivity index (χ1) is 9.98. The second-order valence-electron chi connectivity index (χ2n) is 5.66. The van der Waals surface area contributed by atoms with Crippen molar-refractivity contribution in [3.05, 3.63) is 29.8 Å². The van der Waals surface area contributed by atoms with Crippen LogP contribution in [-0.2, 0) is 16.4 Å². The number of benzene rings is 1. The number of nitrogens with two attached hydrogens (primary N) is 1. The van der Waals surface area contributed by atoms with Gasteiger partial charge in [-0.3, -0.25) is 0 Å².